The van der Waals surface area contributed by atoms with Gasteiger partial charge in [-0.2, -0.15) is 0 Å². The van der Waals surface area contributed by atoms with Crippen LogP contribution in [0.3, 0.4) is 0 Å². The summed E-state index contributed by atoms with van der Waals surface area (Å²) in [4.78, 5) is 24.5. The molecule has 0 saturated heterocycles. The average Bonchev–Trinajstić information content (AvgIpc) is 3.34. The predicted molar refractivity (Wildman–Crippen MR) is 297 cm³/mol. The van der Waals surface area contributed by atoms with E-state index < -0.39 is 12.1 Å². The van der Waals surface area contributed by atoms with Gasteiger partial charge in [-0.15, -0.1) is 0 Å². The van der Waals surface area contributed by atoms with Gasteiger partial charge in [0.1, 0.15) is 0 Å². The lowest BCUT2D eigenvalue weighted by Crippen LogP contribution is -2.45. The van der Waals surface area contributed by atoms with Crippen LogP contribution in [0.5, 0.6) is 0 Å². The van der Waals surface area contributed by atoms with E-state index in [4.69, 9.17) is 4.74 Å². The average molecular weight is 961 g/mol. The Balaban J connectivity index is 3.41. The highest BCUT2D eigenvalue weighted by Crippen LogP contribution is 2.18. The summed E-state index contributed by atoms with van der Waals surface area (Å²) in [5, 5.41) is 23.4. The lowest BCUT2D eigenvalue weighted by molar-refractivity contribution is -0.143. The molecule has 0 aromatic heterocycles. The standard InChI is InChI=1S/C62H121NO5/c1-3-5-7-9-11-13-15-17-18-19-20-21-22-24-27-31-34-38-42-46-50-54-60(65)59(58-64)63-61(66)55-51-47-43-39-35-32-28-25-23-26-29-33-37-41-45-49-53-57-68-62(67)56-52-48-44-40-36-30-16-14-12-10-8-6-4-2/h14,16,59-60,64-65H,3-13,15,17-58H2,1-2H3,(H,63,66)/b16-14-. The van der Waals surface area contributed by atoms with Crippen molar-refractivity contribution in [2.75, 3.05) is 13.2 Å². The van der Waals surface area contributed by atoms with Gasteiger partial charge in [-0.05, 0) is 51.4 Å². The van der Waals surface area contributed by atoms with E-state index >= 15 is 0 Å². The van der Waals surface area contributed by atoms with Crippen LogP contribution in [0.2, 0.25) is 0 Å². The first kappa shape index (κ1) is 66.6. The van der Waals surface area contributed by atoms with Crippen molar-refractivity contribution in [1.29, 1.82) is 0 Å². The topological polar surface area (TPSA) is 95.9 Å². The highest BCUT2D eigenvalue weighted by atomic mass is 16.5. The van der Waals surface area contributed by atoms with Crippen molar-refractivity contribution in [2.24, 2.45) is 0 Å². The fraction of sp³-hybridized carbons (Fsp3) is 0.935. The first-order valence-electron chi connectivity index (χ1n) is 30.9. The number of carbonyl (C=O) groups excluding carboxylic acids is 2. The summed E-state index contributed by atoms with van der Waals surface area (Å²) < 4.78 is 5.47. The van der Waals surface area contributed by atoms with Crippen molar-refractivity contribution in [1.82, 2.24) is 5.32 Å². The van der Waals surface area contributed by atoms with Gasteiger partial charge in [0.2, 0.25) is 5.91 Å². The second kappa shape index (κ2) is 58.2. The van der Waals surface area contributed by atoms with Crippen LogP contribution in [0.25, 0.3) is 0 Å². The molecule has 0 radical (unpaired) electrons. The number of ether oxygens (including phenoxy) is 1. The molecule has 0 aromatic carbocycles. The molecule has 6 heteroatoms. The highest BCUT2D eigenvalue weighted by molar-refractivity contribution is 5.76. The van der Waals surface area contributed by atoms with Gasteiger partial charge in [0.05, 0.1) is 25.4 Å². The fourth-order valence-corrected chi connectivity index (χ4v) is 9.81. The number of hydrogen-bond donors (Lipinski definition) is 3. The quantitative estimate of drug-likeness (QED) is 0.0321. The van der Waals surface area contributed by atoms with Crippen molar-refractivity contribution in [3.8, 4) is 0 Å². The van der Waals surface area contributed by atoms with Gasteiger partial charge in [0.15, 0.2) is 0 Å². The van der Waals surface area contributed by atoms with E-state index in [9.17, 15) is 19.8 Å². The molecule has 0 fully saturated rings. The summed E-state index contributed by atoms with van der Waals surface area (Å²) in [5.41, 5.74) is 0. The Morgan fingerprint density at radius 2 is 0.691 bits per heavy atom. The number of amides is 1. The number of aliphatic hydroxyl groups excluding tert-OH is 2. The van der Waals surface area contributed by atoms with E-state index in [1.807, 2.05) is 0 Å². The summed E-state index contributed by atoms with van der Waals surface area (Å²) >= 11 is 0. The molecule has 0 heterocycles. The molecule has 0 saturated carbocycles. The van der Waals surface area contributed by atoms with E-state index in [0.29, 0.717) is 25.9 Å². The van der Waals surface area contributed by atoms with Crippen LogP contribution in [0.1, 0.15) is 348 Å². The summed E-state index contributed by atoms with van der Waals surface area (Å²) in [6, 6.07) is -0.546. The normalized spacial score (nSPS) is 12.6. The molecule has 0 aliphatic heterocycles. The van der Waals surface area contributed by atoms with E-state index in [0.717, 1.165) is 44.9 Å². The summed E-state index contributed by atoms with van der Waals surface area (Å²) in [5.74, 6) is -0.0395. The fourth-order valence-electron chi connectivity index (χ4n) is 9.81. The lowest BCUT2D eigenvalue weighted by atomic mass is 10.0. The maximum Gasteiger partial charge on any atom is 0.305 e. The van der Waals surface area contributed by atoms with E-state index in [1.165, 1.54) is 270 Å². The molecule has 2 unspecified atom stereocenters. The van der Waals surface area contributed by atoms with Gasteiger partial charge in [0, 0.05) is 12.8 Å². The number of unbranched alkanes of at least 4 members (excludes halogenated alkanes) is 45. The molecule has 404 valence electrons. The van der Waals surface area contributed by atoms with Crippen LogP contribution in [0, 0.1) is 0 Å². The Kier molecular flexibility index (Phi) is 57.0. The zero-order valence-electron chi connectivity index (χ0n) is 46.1. The van der Waals surface area contributed by atoms with Crippen molar-refractivity contribution >= 4 is 11.9 Å². The van der Waals surface area contributed by atoms with E-state index in [1.54, 1.807) is 0 Å². The van der Waals surface area contributed by atoms with Gasteiger partial charge in [-0.3, -0.25) is 9.59 Å². The number of hydrogen-bond acceptors (Lipinski definition) is 5. The molecule has 2 atom stereocenters. The number of allylic oxidation sites excluding steroid dienone is 2. The number of rotatable bonds is 58. The molecule has 0 aliphatic rings. The highest BCUT2D eigenvalue weighted by Gasteiger charge is 2.20. The van der Waals surface area contributed by atoms with Crippen molar-refractivity contribution in [3.63, 3.8) is 0 Å². The third-order valence-electron chi connectivity index (χ3n) is 14.6. The maximum absolute atomic E-state index is 12.5. The van der Waals surface area contributed by atoms with Gasteiger partial charge < -0.3 is 20.3 Å². The van der Waals surface area contributed by atoms with Crippen molar-refractivity contribution in [3.05, 3.63) is 12.2 Å². The molecule has 0 aliphatic carbocycles. The monoisotopic (exact) mass is 960 g/mol. The zero-order chi connectivity index (χ0) is 49.3. The molecule has 6 nitrogen and oxygen atoms in total. The SMILES string of the molecule is CCCCCC/C=C\CCCCCCCC(=O)OCCCCCCCCCCCCCCCCCCCC(=O)NC(CO)C(O)CCCCCCCCCCCCCCCCCCCCCCC. The van der Waals surface area contributed by atoms with Gasteiger partial charge in [-0.25, -0.2) is 0 Å². The van der Waals surface area contributed by atoms with E-state index in [-0.39, 0.29) is 18.5 Å². The summed E-state index contributed by atoms with van der Waals surface area (Å²) in [7, 11) is 0. The molecular formula is C62H121NO5. The van der Waals surface area contributed by atoms with Crippen LogP contribution in [-0.2, 0) is 14.3 Å². The van der Waals surface area contributed by atoms with E-state index in [2.05, 4.69) is 31.3 Å². The first-order valence-corrected chi connectivity index (χ1v) is 30.9. The van der Waals surface area contributed by atoms with Crippen LogP contribution < -0.4 is 5.32 Å². The Labute approximate surface area is 425 Å². The number of esters is 1. The summed E-state index contributed by atoms with van der Waals surface area (Å²) in [6.45, 7) is 4.95. The van der Waals surface area contributed by atoms with Crippen LogP contribution >= 0.6 is 0 Å². The second-order valence-corrected chi connectivity index (χ2v) is 21.4. The van der Waals surface area contributed by atoms with Gasteiger partial charge in [-0.1, -0.05) is 296 Å². The van der Waals surface area contributed by atoms with Gasteiger partial charge >= 0.3 is 5.97 Å². The molecule has 0 rings (SSSR count). The second-order valence-electron chi connectivity index (χ2n) is 21.4. The minimum Gasteiger partial charge on any atom is -0.466 e. The largest absolute Gasteiger partial charge is 0.466 e. The Morgan fingerprint density at radius 3 is 1.06 bits per heavy atom. The molecule has 3 N–H and O–H groups in total. The first-order chi connectivity index (χ1) is 33.5. The smallest absolute Gasteiger partial charge is 0.305 e. The zero-order valence-corrected chi connectivity index (χ0v) is 46.1. The number of carbonyl (C=O) groups is 2. The Hall–Kier alpha value is -1.40. The van der Waals surface area contributed by atoms with Crippen molar-refractivity contribution in [2.45, 2.75) is 360 Å². The minimum absolute atomic E-state index is 0.00288. The van der Waals surface area contributed by atoms with Crippen LogP contribution in [-0.4, -0.2) is 47.4 Å². The summed E-state index contributed by atoms with van der Waals surface area (Å²) in [6.07, 6.45) is 69.3. The molecule has 0 spiro atoms. The lowest BCUT2D eigenvalue weighted by Gasteiger charge is -2.22. The third kappa shape index (κ3) is 53.9. The predicted octanol–water partition coefficient (Wildman–Crippen LogP) is 19.2. The van der Waals surface area contributed by atoms with Gasteiger partial charge in [0.25, 0.3) is 0 Å². The molecule has 68 heavy (non-hydrogen) atoms. The third-order valence-corrected chi connectivity index (χ3v) is 14.6. The number of nitrogens with one attached hydrogen (secondary N) is 1. The maximum atomic E-state index is 12.5. The molecule has 0 bridgehead atoms. The van der Waals surface area contributed by atoms with Crippen LogP contribution in [0.15, 0.2) is 12.2 Å². The molecular weight excluding hydrogens is 839 g/mol. The van der Waals surface area contributed by atoms with Crippen molar-refractivity contribution < 1.29 is 24.5 Å². The van der Waals surface area contributed by atoms with Crippen LogP contribution in [0.4, 0.5) is 0 Å². The molecule has 0 aromatic rings. The number of aliphatic hydroxyl groups is 2. The minimum atomic E-state index is -0.668. The Bertz CT molecular complexity index is 1020. The Morgan fingerprint density at radius 1 is 0.397 bits per heavy atom. The molecule has 1 amide bonds.